The average Bonchev–Trinajstić information content (AvgIpc) is 2.53. The molecule has 1 aromatic rings. The minimum atomic E-state index is 0.181. The summed E-state index contributed by atoms with van der Waals surface area (Å²) in [6, 6.07) is 7.91. The van der Waals surface area contributed by atoms with Crippen LogP contribution in [-0.4, -0.2) is 36.6 Å². The number of ether oxygens (including phenoxy) is 1. The van der Waals surface area contributed by atoms with Crippen LogP contribution in [0.5, 0.6) is 0 Å². The molecule has 0 radical (unpaired) electrons. The summed E-state index contributed by atoms with van der Waals surface area (Å²) in [4.78, 5) is 14.4. The Morgan fingerprint density at radius 3 is 2.86 bits per heavy atom. The van der Waals surface area contributed by atoms with Gasteiger partial charge in [0, 0.05) is 26.2 Å². The summed E-state index contributed by atoms with van der Waals surface area (Å²) < 4.78 is 5.79. The van der Waals surface area contributed by atoms with E-state index >= 15 is 0 Å². The van der Waals surface area contributed by atoms with Crippen molar-refractivity contribution in [3.63, 3.8) is 0 Å². The summed E-state index contributed by atoms with van der Waals surface area (Å²) in [6.45, 7) is 4.93. The third kappa shape index (κ3) is 4.55. The predicted octanol–water partition coefficient (Wildman–Crippen LogP) is 2.11. The molecular weight excluding hydrogens is 264 g/mol. The Hall–Kier alpha value is -1.39. The maximum Gasteiger partial charge on any atom is 0.227 e. The van der Waals surface area contributed by atoms with Crippen molar-refractivity contribution in [2.75, 3.05) is 19.7 Å². The van der Waals surface area contributed by atoms with E-state index in [0.29, 0.717) is 13.0 Å². The van der Waals surface area contributed by atoms with Gasteiger partial charge in [-0.3, -0.25) is 4.79 Å². The highest BCUT2D eigenvalue weighted by atomic mass is 16.5. The largest absolute Gasteiger partial charge is 0.376 e. The summed E-state index contributed by atoms with van der Waals surface area (Å²) in [7, 11) is 0. The van der Waals surface area contributed by atoms with Crippen LogP contribution >= 0.6 is 0 Å². The van der Waals surface area contributed by atoms with E-state index in [4.69, 9.17) is 10.5 Å². The Labute approximate surface area is 127 Å². The van der Waals surface area contributed by atoms with E-state index in [1.54, 1.807) is 0 Å². The maximum absolute atomic E-state index is 12.5. The monoisotopic (exact) mass is 290 g/mol. The molecule has 0 aromatic heterocycles. The number of piperidine rings is 1. The molecule has 1 heterocycles. The Morgan fingerprint density at radius 2 is 2.14 bits per heavy atom. The smallest absolute Gasteiger partial charge is 0.227 e. The van der Waals surface area contributed by atoms with Crippen LogP contribution in [0.25, 0.3) is 0 Å². The molecule has 0 saturated carbocycles. The van der Waals surface area contributed by atoms with Crippen LogP contribution in [0, 0.1) is 0 Å². The fourth-order valence-corrected chi connectivity index (χ4v) is 2.79. The summed E-state index contributed by atoms with van der Waals surface area (Å²) in [5, 5.41) is 0. The highest BCUT2D eigenvalue weighted by Crippen LogP contribution is 2.16. The Morgan fingerprint density at radius 1 is 1.38 bits per heavy atom. The van der Waals surface area contributed by atoms with Gasteiger partial charge in [0.1, 0.15) is 0 Å². The molecule has 1 fully saturated rings. The first kappa shape index (κ1) is 16.0. The van der Waals surface area contributed by atoms with Crippen molar-refractivity contribution in [2.45, 2.75) is 45.3 Å². The van der Waals surface area contributed by atoms with Gasteiger partial charge in [0.15, 0.2) is 0 Å². The highest BCUT2D eigenvalue weighted by molar-refractivity contribution is 5.79. The van der Waals surface area contributed by atoms with E-state index in [1.165, 1.54) is 0 Å². The fraction of sp³-hybridized carbons (Fsp3) is 0.588. The van der Waals surface area contributed by atoms with Crippen LogP contribution in [0.15, 0.2) is 24.3 Å². The lowest BCUT2D eigenvalue weighted by atomic mass is 10.0. The van der Waals surface area contributed by atoms with Crippen LogP contribution in [0.2, 0.25) is 0 Å². The zero-order valence-corrected chi connectivity index (χ0v) is 12.9. The lowest BCUT2D eigenvalue weighted by Crippen LogP contribution is -2.44. The molecular formula is C17H26N2O2. The highest BCUT2D eigenvalue weighted by Gasteiger charge is 2.24. The van der Waals surface area contributed by atoms with E-state index in [2.05, 4.69) is 6.92 Å². The van der Waals surface area contributed by atoms with Crippen LogP contribution in [0.4, 0.5) is 0 Å². The van der Waals surface area contributed by atoms with Crippen LogP contribution in [0.1, 0.15) is 37.3 Å². The van der Waals surface area contributed by atoms with E-state index in [0.717, 1.165) is 50.1 Å². The minimum Gasteiger partial charge on any atom is -0.376 e. The minimum absolute atomic E-state index is 0.181. The van der Waals surface area contributed by atoms with Crippen molar-refractivity contribution in [1.82, 2.24) is 4.90 Å². The third-order valence-corrected chi connectivity index (χ3v) is 3.97. The number of hydrogen-bond donors (Lipinski definition) is 1. The Kier molecular flexibility index (Phi) is 6.21. The molecule has 2 N–H and O–H groups in total. The van der Waals surface area contributed by atoms with Gasteiger partial charge in [-0.1, -0.05) is 31.2 Å². The molecule has 1 aromatic carbocycles. The number of hydrogen-bond acceptors (Lipinski definition) is 3. The van der Waals surface area contributed by atoms with Crippen LogP contribution in [0.3, 0.4) is 0 Å². The van der Waals surface area contributed by atoms with E-state index < -0.39 is 0 Å². The topological polar surface area (TPSA) is 55.6 Å². The molecule has 1 amide bonds. The number of rotatable bonds is 6. The first-order valence-electron chi connectivity index (χ1n) is 7.90. The second kappa shape index (κ2) is 8.15. The lowest BCUT2D eigenvalue weighted by molar-refractivity contribution is -0.134. The van der Waals surface area contributed by atoms with E-state index in [9.17, 15) is 4.79 Å². The second-order valence-electron chi connectivity index (χ2n) is 5.62. The molecule has 1 aliphatic heterocycles. The number of likely N-dealkylation sites (tertiary alicyclic amines) is 1. The molecule has 0 spiro atoms. The molecule has 4 heteroatoms. The molecule has 0 aliphatic carbocycles. The first-order chi connectivity index (χ1) is 10.2. The number of nitrogens with zero attached hydrogens (tertiary/aromatic N) is 1. The maximum atomic E-state index is 12.5. The van der Waals surface area contributed by atoms with Gasteiger partial charge in [-0.25, -0.2) is 0 Å². The van der Waals surface area contributed by atoms with Gasteiger partial charge in [0.2, 0.25) is 5.91 Å². The zero-order valence-electron chi connectivity index (χ0n) is 12.9. The van der Waals surface area contributed by atoms with E-state index in [-0.39, 0.29) is 12.0 Å². The fourth-order valence-electron chi connectivity index (χ4n) is 2.79. The summed E-state index contributed by atoms with van der Waals surface area (Å²) in [5.74, 6) is 0.181. The van der Waals surface area contributed by atoms with Crippen molar-refractivity contribution in [2.24, 2.45) is 5.73 Å². The first-order valence-corrected chi connectivity index (χ1v) is 7.90. The Balaban J connectivity index is 1.93. The average molecular weight is 290 g/mol. The lowest BCUT2D eigenvalue weighted by Gasteiger charge is -2.33. The normalized spacial score (nSPS) is 18.8. The van der Waals surface area contributed by atoms with Crippen molar-refractivity contribution in [1.29, 1.82) is 0 Å². The van der Waals surface area contributed by atoms with Crippen LogP contribution < -0.4 is 5.73 Å². The second-order valence-corrected chi connectivity index (χ2v) is 5.62. The van der Waals surface area contributed by atoms with Crippen LogP contribution in [-0.2, 0) is 22.5 Å². The molecule has 0 bridgehead atoms. The molecule has 4 nitrogen and oxygen atoms in total. The third-order valence-electron chi connectivity index (χ3n) is 3.97. The number of amides is 1. The van der Waals surface area contributed by atoms with Crippen molar-refractivity contribution < 1.29 is 9.53 Å². The molecule has 1 atom stereocenters. The number of carbonyl (C=O) groups excluding carboxylic acids is 1. The molecule has 1 saturated heterocycles. The van der Waals surface area contributed by atoms with Crippen molar-refractivity contribution >= 4 is 5.91 Å². The van der Waals surface area contributed by atoms with Gasteiger partial charge in [-0.05, 0) is 30.4 Å². The number of nitrogens with two attached hydrogens (primary N) is 1. The summed E-state index contributed by atoms with van der Waals surface area (Å²) >= 11 is 0. The molecule has 1 unspecified atom stereocenters. The van der Waals surface area contributed by atoms with Gasteiger partial charge < -0.3 is 15.4 Å². The van der Waals surface area contributed by atoms with Gasteiger partial charge >= 0.3 is 0 Å². The summed E-state index contributed by atoms with van der Waals surface area (Å²) in [6.07, 6.45) is 3.75. The zero-order chi connectivity index (χ0) is 15.1. The van der Waals surface area contributed by atoms with Gasteiger partial charge in [-0.2, -0.15) is 0 Å². The Bertz CT molecular complexity index is 462. The molecule has 2 rings (SSSR count). The molecule has 21 heavy (non-hydrogen) atoms. The van der Waals surface area contributed by atoms with Gasteiger partial charge in [-0.15, -0.1) is 0 Å². The predicted molar refractivity (Wildman–Crippen MR) is 83.9 cm³/mol. The van der Waals surface area contributed by atoms with Gasteiger partial charge in [0.25, 0.3) is 0 Å². The standard InChI is InChI=1S/C17H26N2O2/c1-2-10-21-16-8-5-9-19(13-16)17(20)11-14-6-3-4-7-15(14)12-18/h3-4,6-7,16H,2,5,8-13,18H2,1H3. The number of carbonyl (C=O) groups is 1. The molecule has 1 aliphatic rings. The number of benzene rings is 1. The quantitative estimate of drug-likeness (QED) is 0.873. The van der Waals surface area contributed by atoms with E-state index in [1.807, 2.05) is 29.2 Å². The van der Waals surface area contributed by atoms with Crippen molar-refractivity contribution in [3.8, 4) is 0 Å². The summed E-state index contributed by atoms with van der Waals surface area (Å²) in [5.41, 5.74) is 7.84. The van der Waals surface area contributed by atoms with Crippen molar-refractivity contribution in [3.05, 3.63) is 35.4 Å². The van der Waals surface area contributed by atoms with Gasteiger partial charge in [0.05, 0.1) is 12.5 Å². The SMILES string of the molecule is CCCOC1CCCN(C(=O)Cc2ccccc2CN)C1. The molecule has 116 valence electrons.